The minimum atomic E-state index is -1.05. The summed E-state index contributed by atoms with van der Waals surface area (Å²) in [7, 11) is 0. The first-order valence-electron chi connectivity index (χ1n) is 4.95. The maximum absolute atomic E-state index is 10.9. The SMILES string of the molecule is C=CCN(CC=C)CC(NC(C)=O)C(=O)O. The summed E-state index contributed by atoms with van der Waals surface area (Å²) in [6, 6.07) is -0.905. The van der Waals surface area contributed by atoms with Gasteiger partial charge in [0.05, 0.1) is 0 Å². The third kappa shape index (κ3) is 5.98. The van der Waals surface area contributed by atoms with Crippen LogP contribution in [0.25, 0.3) is 0 Å². The van der Waals surface area contributed by atoms with Crippen LogP contribution < -0.4 is 5.32 Å². The Morgan fingerprint density at radius 3 is 2.19 bits per heavy atom. The molecule has 0 aliphatic heterocycles. The van der Waals surface area contributed by atoms with Crippen molar-refractivity contribution >= 4 is 11.9 Å². The van der Waals surface area contributed by atoms with Gasteiger partial charge in [0.1, 0.15) is 6.04 Å². The smallest absolute Gasteiger partial charge is 0.327 e. The van der Waals surface area contributed by atoms with Crippen LogP contribution in [0.2, 0.25) is 0 Å². The molecule has 0 aliphatic carbocycles. The Balaban J connectivity index is 4.42. The van der Waals surface area contributed by atoms with E-state index in [9.17, 15) is 9.59 Å². The van der Waals surface area contributed by atoms with Crippen LogP contribution in [-0.2, 0) is 9.59 Å². The van der Waals surface area contributed by atoms with Crippen LogP contribution in [0, 0.1) is 0 Å². The van der Waals surface area contributed by atoms with Gasteiger partial charge in [0.15, 0.2) is 0 Å². The molecule has 0 fully saturated rings. The van der Waals surface area contributed by atoms with Gasteiger partial charge in [-0.25, -0.2) is 4.79 Å². The van der Waals surface area contributed by atoms with E-state index in [0.29, 0.717) is 13.1 Å². The standard InChI is InChI=1S/C11H18N2O3/c1-4-6-13(7-5-2)8-10(11(15)16)12-9(3)14/h4-5,10H,1-2,6-8H2,3H3,(H,12,14)(H,15,16). The number of rotatable bonds is 8. The quantitative estimate of drug-likeness (QED) is 0.582. The molecule has 0 saturated carbocycles. The summed E-state index contributed by atoms with van der Waals surface area (Å²) in [6.07, 6.45) is 3.35. The third-order valence-corrected chi connectivity index (χ3v) is 1.89. The highest BCUT2D eigenvalue weighted by molar-refractivity contribution is 5.82. The highest BCUT2D eigenvalue weighted by Gasteiger charge is 2.20. The molecule has 5 heteroatoms. The number of carboxylic acids is 1. The normalized spacial score (nSPS) is 11.9. The molecule has 0 bridgehead atoms. The lowest BCUT2D eigenvalue weighted by molar-refractivity contribution is -0.142. The molecule has 0 spiro atoms. The van der Waals surface area contributed by atoms with Crippen molar-refractivity contribution in [1.29, 1.82) is 0 Å². The zero-order valence-corrected chi connectivity index (χ0v) is 9.48. The molecule has 1 atom stereocenters. The first-order valence-corrected chi connectivity index (χ1v) is 4.95. The highest BCUT2D eigenvalue weighted by Crippen LogP contribution is 1.95. The number of hydrogen-bond donors (Lipinski definition) is 2. The number of hydrogen-bond acceptors (Lipinski definition) is 3. The van der Waals surface area contributed by atoms with Gasteiger partial charge in [-0.05, 0) is 0 Å². The molecule has 1 amide bonds. The van der Waals surface area contributed by atoms with E-state index >= 15 is 0 Å². The van der Waals surface area contributed by atoms with E-state index in [1.54, 1.807) is 12.2 Å². The molecule has 5 nitrogen and oxygen atoms in total. The Morgan fingerprint density at radius 2 is 1.88 bits per heavy atom. The van der Waals surface area contributed by atoms with Crippen molar-refractivity contribution in [1.82, 2.24) is 10.2 Å². The summed E-state index contributed by atoms with van der Waals surface area (Å²) >= 11 is 0. The third-order valence-electron chi connectivity index (χ3n) is 1.89. The van der Waals surface area contributed by atoms with Crippen molar-refractivity contribution in [2.45, 2.75) is 13.0 Å². The molecular formula is C11H18N2O3. The molecule has 0 radical (unpaired) electrons. The van der Waals surface area contributed by atoms with Gasteiger partial charge in [-0.15, -0.1) is 13.2 Å². The summed E-state index contributed by atoms with van der Waals surface area (Å²) in [5.41, 5.74) is 0. The highest BCUT2D eigenvalue weighted by atomic mass is 16.4. The number of nitrogens with zero attached hydrogens (tertiary/aromatic N) is 1. The summed E-state index contributed by atoms with van der Waals surface area (Å²) in [5.74, 6) is -1.40. The molecule has 0 aromatic rings. The fourth-order valence-corrected chi connectivity index (χ4v) is 1.28. The Kier molecular flexibility index (Phi) is 6.87. The fraction of sp³-hybridized carbons (Fsp3) is 0.455. The molecular weight excluding hydrogens is 208 g/mol. The van der Waals surface area contributed by atoms with Gasteiger partial charge >= 0.3 is 5.97 Å². The first-order chi connectivity index (χ1) is 7.51. The summed E-state index contributed by atoms with van der Waals surface area (Å²) < 4.78 is 0. The molecule has 16 heavy (non-hydrogen) atoms. The Hall–Kier alpha value is -1.62. The lowest BCUT2D eigenvalue weighted by atomic mass is 10.2. The molecule has 2 N–H and O–H groups in total. The molecule has 1 unspecified atom stereocenters. The van der Waals surface area contributed by atoms with E-state index in [0.717, 1.165) is 0 Å². The number of amides is 1. The van der Waals surface area contributed by atoms with Crippen molar-refractivity contribution in [3.8, 4) is 0 Å². The second kappa shape index (κ2) is 7.64. The maximum atomic E-state index is 10.9. The predicted molar refractivity (Wildman–Crippen MR) is 62.1 cm³/mol. The number of aliphatic carboxylic acids is 1. The van der Waals surface area contributed by atoms with Crippen LogP contribution >= 0.6 is 0 Å². The van der Waals surface area contributed by atoms with E-state index in [2.05, 4.69) is 18.5 Å². The first kappa shape index (κ1) is 14.4. The van der Waals surface area contributed by atoms with Crippen LogP contribution in [0.15, 0.2) is 25.3 Å². The average molecular weight is 226 g/mol. The minimum Gasteiger partial charge on any atom is -0.480 e. The van der Waals surface area contributed by atoms with E-state index in [1.807, 2.05) is 4.90 Å². The molecule has 0 rings (SSSR count). The Labute approximate surface area is 95.4 Å². The van der Waals surface area contributed by atoms with Gasteiger partial charge in [0, 0.05) is 26.6 Å². The summed E-state index contributed by atoms with van der Waals surface area (Å²) in [6.45, 7) is 9.79. The van der Waals surface area contributed by atoms with Crippen LogP contribution in [0.1, 0.15) is 6.92 Å². The van der Waals surface area contributed by atoms with E-state index in [-0.39, 0.29) is 12.5 Å². The molecule has 0 aromatic heterocycles. The summed E-state index contributed by atoms with van der Waals surface area (Å²) in [4.78, 5) is 23.5. The van der Waals surface area contributed by atoms with Crippen LogP contribution in [0.4, 0.5) is 0 Å². The Bertz CT molecular complexity index is 266. The second-order valence-corrected chi connectivity index (χ2v) is 3.39. The van der Waals surface area contributed by atoms with Gasteiger partial charge in [0.2, 0.25) is 5.91 Å². The van der Waals surface area contributed by atoms with Crippen molar-refractivity contribution in [2.75, 3.05) is 19.6 Å². The van der Waals surface area contributed by atoms with Gasteiger partial charge in [-0.3, -0.25) is 9.69 Å². The predicted octanol–water partition coefficient (Wildman–Crippen LogP) is 0.250. The van der Waals surface area contributed by atoms with Crippen molar-refractivity contribution in [3.63, 3.8) is 0 Å². The minimum absolute atomic E-state index is 0.229. The van der Waals surface area contributed by atoms with E-state index in [1.165, 1.54) is 6.92 Å². The molecule has 0 saturated heterocycles. The zero-order chi connectivity index (χ0) is 12.6. The maximum Gasteiger partial charge on any atom is 0.327 e. The number of carbonyl (C=O) groups excluding carboxylic acids is 1. The Morgan fingerprint density at radius 1 is 1.38 bits per heavy atom. The summed E-state index contributed by atoms with van der Waals surface area (Å²) in [5, 5.41) is 11.3. The zero-order valence-electron chi connectivity index (χ0n) is 9.48. The number of nitrogens with one attached hydrogen (secondary N) is 1. The van der Waals surface area contributed by atoms with Gasteiger partial charge in [-0.2, -0.15) is 0 Å². The van der Waals surface area contributed by atoms with Gasteiger partial charge in [-0.1, -0.05) is 12.2 Å². The van der Waals surface area contributed by atoms with Crippen LogP contribution in [0.3, 0.4) is 0 Å². The average Bonchev–Trinajstić information content (AvgIpc) is 2.16. The van der Waals surface area contributed by atoms with E-state index < -0.39 is 12.0 Å². The number of carboxylic acid groups (broad SMARTS) is 1. The topological polar surface area (TPSA) is 69.6 Å². The lowest BCUT2D eigenvalue weighted by Gasteiger charge is -2.23. The van der Waals surface area contributed by atoms with E-state index in [4.69, 9.17) is 5.11 Å². The molecule has 0 heterocycles. The fourth-order valence-electron chi connectivity index (χ4n) is 1.28. The van der Waals surface area contributed by atoms with Crippen molar-refractivity contribution in [2.24, 2.45) is 0 Å². The second-order valence-electron chi connectivity index (χ2n) is 3.39. The van der Waals surface area contributed by atoms with Gasteiger partial charge < -0.3 is 10.4 Å². The van der Waals surface area contributed by atoms with Crippen LogP contribution in [0.5, 0.6) is 0 Å². The largest absolute Gasteiger partial charge is 0.480 e. The van der Waals surface area contributed by atoms with Crippen LogP contribution in [-0.4, -0.2) is 47.6 Å². The van der Waals surface area contributed by atoms with Crippen molar-refractivity contribution in [3.05, 3.63) is 25.3 Å². The molecule has 0 aromatic carbocycles. The molecule has 90 valence electrons. The molecule has 0 aliphatic rings. The lowest BCUT2D eigenvalue weighted by Crippen LogP contribution is -2.48. The monoisotopic (exact) mass is 226 g/mol. The number of carbonyl (C=O) groups is 2. The van der Waals surface area contributed by atoms with Crippen molar-refractivity contribution < 1.29 is 14.7 Å². The van der Waals surface area contributed by atoms with Gasteiger partial charge in [0.25, 0.3) is 0 Å².